The van der Waals surface area contributed by atoms with Crippen LogP contribution in [0.15, 0.2) is 30.3 Å². The van der Waals surface area contributed by atoms with Crippen LogP contribution in [0.3, 0.4) is 0 Å². The fraction of sp³-hybridized carbons (Fsp3) is 0.562. The molecule has 1 aliphatic heterocycles. The molecule has 4 N–H and O–H groups in total. The molecule has 1 aromatic heterocycles. The second-order valence-corrected chi connectivity index (χ2v) is 5.55. The Morgan fingerprint density at radius 3 is 2.96 bits per heavy atom. The molecule has 0 bridgehead atoms. The molecule has 0 amide bonds. The Morgan fingerprint density at radius 2 is 2.21 bits per heavy atom. The number of aliphatic hydroxyl groups is 3. The van der Waals surface area contributed by atoms with Gasteiger partial charge >= 0.3 is 0 Å². The smallest absolute Gasteiger partial charge is 0.216 e. The summed E-state index contributed by atoms with van der Waals surface area (Å²) in [5.74, 6) is -0.191. The first kappa shape index (κ1) is 18.8. The molecule has 2 unspecified atom stereocenters. The molecule has 8 nitrogen and oxygen atoms in total. The van der Waals surface area contributed by atoms with E-state index in [1.807, 2.05) is 13.0 Å². The number of aliphatic hydroxyl groups excluding tert-OH is 3. The van der Waals surface area contributed by atoms with Gasteiger partial charge in [0, 0.05) is 18.9 Å². The Morgan fingerprint density at radius 1 is 1.38 bits per heavy atom. The van der Waals surface area contributed by atoms with E-state index in [0.29, 0.717) is 26.2 Å². The van der Waals surface area contributed by atoms with E-state index in [-0.39, 0.29) is 12.4 Å². The summed E-state index contributed by atoms with van der Waals surface area (Å²) in [5, 5.41) is 28.3. The molecule has 0 saturated carbocycles. The number of hydrogen-bond acceptors (Lipinski definition) is 8. The lowest BCUT2D eigenvalue weighted by atomic mass is 10.1. The van der Waals surface area contributed by atoms with Crippen molar-refractivity contribution in [3.63, 3.8) is 0 Å². The maximum Gasteiger partial charge on any atom is 0.216 e. The normalized spacial score (nSPS) is 24.0. The van der Waals surface area contributed by atoms with Crippen molar-refractivity contribution in [3.8, 4) is 0 Å². The Labute approximate surface area is 140 Å². The van der Waals surface area contributed by atoms with Crippen LogP contribution < -0.4 is 5.48 Å². The zero-order chi connectivity index (χ0) is 17.4. The van der Waals surface area contributed by atoms with Gasteiger partial charge < -0.3 is 24.8 Å². The quantitative estimate of drug-likeness (QED) is 0.376. The van der Waals surface area contributed by atoms with Crippen molar-refractivity contribution in [1.29, 1.82) is 0 Å². The molecular formula is C16H24N2O6. The lowest BCUT2D eigenvalue weighted by Crippen LogP contribution is -2.41. The number of aryl methyl sites for hydroxylation is 1. The zero-order valence-electron chi connectivity index (χ0n) is 13.6. The van der Waals surface area contributed by atoms with Crippen LogP contribution in [-0.4, -0.2) is 58.6 Å². The van der Waals surface area contributed by atoms with E-state index in [4.69, 9.17) is 19.4 Å². The number of aromatic nitrogens is 1. The third-order valence-corrected chi connectivity index (χ3v) is 3.41. The average molecular weight is 340 g/mol. The van der Waals surface area contributed by atoms with Gasteiger partial charge in [-0.05, 0) is 30.5 Å². The SMILES string of the molecule is Cc1cncc(CONCCCO[C@H]2OC(CO)C(O)C=C2O)c1. The van der Waals surface area contributed by atoms with E-state index in [0.717, 1.165) is 11.1 Å². The monoisotopic (exact) mass is 340 g/mol. The molecule has 0 spiro atoms. The summed E-state index contributed by atoms with van der Waals surface area (Å²) in [4.78, 5) is 9.42. The number of hydrogen-bond donors (Lipinski definition) is 4. The molecule has 1 aliphatic rings. The van der Waals surface area contributed by atoms with E-state index < -0.39 is 18.5 Å². The molecule has 2 heterocycles. The summed E-state index contributed by atoms with van der Waals surface area (Å²) in [6, 6.07) is 2.00. The number of hydroxylamine groups is 1. The van der Waals surface area contributed by atoms with Crippen LogP contribution in [0.1, 0.15) is 17.5 Å². The van der Waals surface area contributed by atoms with Gasteiger partial charge in [0.05, 0.1) is 19.8 Å². The van der Waals surface area contributed by atoms with Crippen molar-refractivity contribution in [1.82, 2.24) is 10.5 Å². The van der Waals surface area contributed by atoms with Gasteiger partial charge in [0.2, 0.25) is 6.29 Å². The summed E-state index contributed by atoms with van der Waals surface area (Å²) in [6.07, 6.45) is 2.57. The summed E-state index contributed by atoms with van der Waals surface area (Å²) in [7, 11) is 0. The molecule has 0 aliphatic carbocycles. The predicted molar refractivity (Wildman–Crippen MR) is 84.8 cm³/mol. The van der Waals surface area contributed by atoms with Crippen molar-refractivity contribution in [2.45, 2.75) is 38.4 Å². The molecule has 1 aromatic rings. The second kappa shape index (κ2) is 9.67. The summed E-state index contributed by atoms with van der Waals surface area (Å²) >= 11 is 0. The molecule has 2 rings (SSSR count). The fourth-order valence-electron chi connectivity index (χ4n) is 2.18. The van der Waals surface area contributed by atoms with Gasteiger partial charge in [-0.3, -0.25) is 9.82 Å². The molecule has 3 atom stereocenters. The standard InChI is InChI=1S/C16H24N2O6/c1-11-5-12(8-17-7-11)10-23-18-3-2-4-22-16-14(21)6-13(20)15(9-19)24-16/h5-8,13,15-16,18-21H,2-4,9-10H2,1H3/t13?,15?,16-/m0/s1. The molecule has 24 heavy (non-hydrogen) atoms. The third kappa shape index (κ3) is 5.82. The Bertz CT molecular complexity index is 539. The number of rotatable bonds is 9. The summed E-state index contributed by atoms with van der Waals surface area (Å²) in [6.45, 7) is 2.91. The first-order valence-electron chi connectivity index (χ1n) is 7.82. The van der Waals surface area contributed by atoms with Gasteiger partial charge in [-0.15, -0.1) is 0 Å². The Balaban J connectivity index is 1.57. The van der Waals surface area contributed by atoms with E-state index >= 15 is 0 Å². The Hall–Kier alpha value is -1.55. The highest BCUT2D eigenvalue weighted by Crippen LogP contribution is 2.19. The van der Waals surface area contributed by atoms with E-state index in [1.54, 1.807) is 12.4 Å². The van der Waals surface area contributed by atoms with E-state index in [1.165, 1.54) is 6.08 Å². The summed E-state index contributed by atoms with van der Waals surface area (Å²) in [5.41, 5.74) is 4.89. The third-order valence-electron chi connectivity index (χ3n) is 3.41. The van der Waals surface area contributed by atoms with Crippen molar-refractivity contribution >= 4 is 0 Å². The van der Waals surface area contributed by atoms with Crippen molar-refractivity contribution in [2.75, 3.05) is 19.8 Å². The molecule has 8 heteroatoms. The van der Waals surface area contributed by atoms with Crippen LogP contribution in [0.5, 0.6) is 0 Å². The lowest BCUT2D eigenvalue weighted by Gasteiger charge is -2.30. The van der Waals surface area contributed by atoms with Crippen molar-refractivity contribution < 1.29 is 29.6 Å². The zero-order valence-corrected chi connectivity index (χ0v) is 13.6. The van der Waals surface area contributed by atoms with Gasteiger partial charge in [-0.2, -0.15) is 0 Å². The maximum absolute atomic E-state index is 9.67. The van der Waals surface area contributed by atoms with Gasteiger partial charge in [0.25, 0.3) is 0 Å². The van der Waals surface area contributed by atoms with Crippen molar-refractivity contribution in [3.05, 3.63) is 41.4 Å². The van der Waals surface area contributed by atoms with E-state index in [2.05, 4.69) is 10.5 Å². The van der Waals surface area contributed by atoms with Gasteiger partial charge in [-0.25, -0.2) is 5.48 Å². The highest BCUT2D eigenvalue weighted by molar-refractivity contribution is 5.15. The van der Waals surface area contributed by atoms with Crippen LogP contribution in [0, 0.1) is 6.92 Å². The minimum absolute atomic E-state index is 0.191. The van der Waals surface area contributed by atoms with Crippen LogP contribution in [0.25, 0.3) is 0 Å². The first-order chi connectivity index (χ1) is 11.6. The second-order valence-electron chi connectivity index (χ2n) is 5.55. The van der Waals surface area contributed by atoms with Crippen LogP contribution in [0.4, 0.5) is 0 Å². The van der Waals surface area contributed by atoms with Crippen LogP contribution in [0.2, 0.25) is 0 Å². The van der Waals surface area contributed by atoms with Gasteiger partial charge in [0.15, 0.2) is 0 Å². The van der Waals surface area contributed by atoms with E-state index in [9.17, 15) is 10.2 Å². The molecule has 0 aromatic carbocycles. The topological polar surface area (TPSA) is 113 Å². The lowest BCUT2D eigenvalue weighted by molar-refractivity contribution is -0.200. The largest absolute Gasteiger partial charge is 0.507 e. The summed E-state index contributed by atoms with van der Waals surface area (Å²) < 4.78 is 10.6. The molecular weight excluding hydrogens is 316 g/mol. The average Bonchev–Trinajstić information content (AvgIpc) is 2.55. The number of pyridine rings is 1. The predicted octanol–water partition coefficient (Wildman–Crippen LogP) is 0.338. The minimum Gasteiger partial charge on any atom is -0.507 e. The molecule has 134 valence electrons. The Kier molecular flexibility index (Phi) is 7.57. The minimum atomic E-state index is -1.04. The molecule has 0 radical (unpaired) electrons. The first-order valence-corrected chi connectivity index (χ1v) is 7.82. The highest BCUT2D eigenvalue weighted by atomic mass is 16.7. The fourth-order valence-corrected chi connectivity index (χ4v) is 2.18. The molecule has 0 fully saturated rings. The number of nitrogens with zero attached hydrogens (tertiary/aromatic N) is 1. The molecule has 0 saturated heterocycles. The number of nitrogens with one attached hydrogen (secondary N) is 1. The maximum atomic E-state index is 9.67. The van der Waals surface area contributed by atoms with Gasteiger partial charge in [0.1, 0.15) is 18.0 Å². The number of ether oxygens (including phenoxy) is 2. The van der Waals surface area contributed by atoms with Crippen molar-refractivity contribution in [2.24, 2.45) is 0 Å². The van der Waals surface area contributed by atoms with Gasteiger partial charge in [-0.1, -0.05) is 6.07 Å². The highest BCUT2D eigenvalue weighted by Gasteiger charge is 2.30. The van der Waals surface area contributed by atoms with Crippen LogP contribution in [-0.2, 0) is 20.9 Å². The van der Waals surface area contributed by atoms with Crippen LogP contribution >= 0.6 is 0 Å².